The van der Waals surface area contributed by atoms with E-state index in [1.54, 1.807) is 0 Å². The van der Waals surface area contributed by atoms with Crippen LogP contribution in [0.25, 0.3) is 0 Å². The van der Waals surface area contributed by atoms with E-state index in [9.17, 15) is 0 Å². The van der Waals surface area contributed by atoms with E-state index >= 15 is 0 Å². The van der Waals surface area contributed by atoms with Crippen LogP contribution < -0.4 is 10.6 Å². The van der Waals surface area contributed by atoms with E-state index in [2.05, 4.69) is 17.6 Å². The summed E-state index contributed by atoms with van der Waals surface area (Å²) in [7, 11) is 0. The lowest BCUT2D eigenvalue weighted by Crippen LogP contribution is -2.47. The summed E-state index contributed by atoms with van der Waals surface area (Å²) in [6, 6.07) is 1.33. The first kappa shape index (κ1) is 9.44. The van der Waals surface area contributed by atoms with Crippen LogP contribution in [-0.2, 0) is 4.74 Å². The van der Waals surface area contributed by atoms with Crippen molar-refractivity contribution in [3.8, 4) is 0 Å². The summed E-state index contributed by atoms with van der Waals surface area (Å²) in [5, 5.41) is 7.03. The molecule has 1 saturated heterocycles. The number of rotatable bonds is 4. The topological polar surface area (TPSA) is 33.3 Å². The molecule has 2 fully saturated rings. The van der Waals surface area contributed by atoms with Gasteiger partial charge in [0.1, 0.15) is 0 Å². The van der Waals surface area contributed by atoms with Gasteiger partial charge in [-0.3, -0.25) is 0 Å². The van der Waals surface area contributed by atoms with E-state index in [1.807, 2.05) is 0 Å². The molecule has 1 aliphatic heterocycles. The van der Waals surface area contributed by atoms with Crippen LogP contribution in [0, 0.1) is 5.92 Å². The van der Waals surface area contributed by atoms with Crippen molar-refractivity contribution < 1.29 is 4.74 Å². The Balaban J connectivity index is 1.57. The third-order valence-corrected chi connectivity index (χ3v) is 3.07. The summed E-state index contributed by atoms with van der Waals surface area (Å²) in [6.45, 7) is 6.09. The number of hydrogen-bond donors (Lipinski definition) is 2. The lowest BCUT2D eigenvalue weighted by atomic mass is 10.2. The molecule has 3 atom stereocenters. The van der Waals surface area contributed by atoms with Gasteiger partial charge in [0, 0.05) is 25.2 Å². The van der Waals surface area contributed by atoms with Crippen molar-refractivity contribution in [2.75, 3.05) is 26.3 Å². The van der Waals surface area contributed by atoms with Crippen molar-refractivity contribution >= 4 is 0 Å². The predicted octanol–water partition coefficient (Wildman–Crippen LogP) is 0.363. The van der Waals surface area contributed by atoms with Crippen molar-refractivity contribution in [2.45, 2.75) is 31.8 Å². The van der Waals surface area contributed by atoms with Crippen molar-refractivity contribution in [3.63, 3.8) is 0 Å². The van der Waals surface area contributed by atoms with E-state index in [-0.39, 0.29) is 0 Å². The highest BCUT2D eigenvalue weighted by molar-refractivity contribution is 4.93. The normalized spacial score (nSPS) is 39.0. The van der Waals surface area contributed by atoms with Crippen LogP contribution in [0.2, 0.25) is 0 Å². The van der Waals surface area contributed by atoms with E-state index in [0.717, 1.165) is 38.3 Å². The minimum absolute atomic E-state index is 0.534. The Bertz CT molecular complexity index is 157. The number of nitrogens with one attached hydrogen (secondary N) is 2. The van der Waals surface area contributed by atoms with Gasteiger partial charge in [-0.25, -0.2) is 0 Å². The zero-order chi connectivity index (χ0) is 9.10. The Kier molecular flexibility index (Phi) is 3.19. The SMILES string of the molecule is CCC1CC1NCC1COCCN1. The third-order valence-electron chi connectivity index (χ3n) is 3.07. The van der Waals surface area contributed by atoms with Crippen LogP contribution in [0.1, 0.15) is 19.8 Å². The number of ether oxygens (including phenoxy) is 1. The lowest BCUT2D eigenvalue weighted by molar-refractivity contribution is 0.0765. The van der Waals surface area contributed by atoms with Crippen molar-refractivity contribution in [3.05, 3.63) is 0 Å². The molecule has 13 heavy (non-hydrogen) atoms. The molecule has 0 aromatic carbocycles. The molecular formula is C10H20N2O. The summed E-state index contributed by atoms with van der Waals surface area (Å²) >= 11 is 0. The third kappa shape index (κ3) is 2.66. The average Bonchev–Trinajstić information content (AvgIpc) is 2.95. The Morgan fingerprint density at radius 3 is 3.08 bits per heavy atom. The molecule has 3 heteroatoms. The van der Waals surface area contributed by atoms with Crippen LogP contribution >= 0.6 is 0 Å². The number of hydrogen-bond acceptors (Lipinski definition) is 3. The molecule has 2 aliphatic rings. The molecule has 1 saturated carbocycles. The molecule has 0 spiro atoms. The summed E-state index contributed by atoms with van der Waals surface area (Å²) in [6.07, 6.45) is 2.70. The first-order valence-electron chi connectivity index (χ1n) is 5.44. The average molecular weight is 184 g/mol. The second-order valence-electron chi connectivity index (χ2n) is 4.14. The van der Waals surface area contributed by atoms with Gasteiger partial charge in [0.2, 0.25) is 0 Å². The van der Waals surface area contributed by atoms with Gasteiger partial charge in [0.15, 0.2) is 0 Å². The molecule has 0 radical (unpaired) electrons. The highest BCUT2D eigenvalue weighted by Gasteiger charge is 2.34. The lowest BCUT2D eigenvalue weighted by Gasteiger charge is -2.24. The Labute approximate surface area is 80.2 Å². The summed E-state index contributed by atoms with van der Waals surface area (Å²) in [5.41, 5.74) is 0. The quantitative estimate of drug-likeness (QED) is 0.662. The minimum Gasteiger partial charge on any atom is -0.378 e. The minimum atomic E-state index is 0.534. The molecule has 0 aromatic heterocycles. The monoisotopic (exact) mass is 184 g/mol. The maximum Gasteiger partial charge on any atom is 0.0632 e. The Hall–Kier alpha value is -0.120. The van der Waals surface area contributed by atoms with Gasteiger partial charge >= 0.3 is 0 Å². The molecule has 0 amide bonds. The zero-order valence-corrected chi connectivity index (χ0v) is 8.38. The van der Waals surface area contributed by atoms with Crippen molar-refractivity contribution in [1.82, 2.24) is 10.6 Å². The van der Waals surface area contributed by atoms with Gasteiger partial charge in [-0.1, -0.05) is 13.3 Å². The standard InChI is InChI=1S/C10H20N2O/c1-2-8-5-10(8)12-6-9-7-13-4-3-11-9/h8-12H,2-7H2,1H3. The Morgan fingerprint density at radius 1 is 1.54 bits per heavy atom. The number of morpholine rings is 1. The van der Waals surface area contributed by atoms with Crippen LogP contribution in [-0.4, -0.2) is 38.4 Å². The van der Waals surface area contributed by atoms with E-state index < -0.39 is 0 Å². The molecule has 2 N–H and O–H groups in total. The molecule has 1 heterocycles. The molecule has 1 aliphatic carbocycles. The molecule has 0 bridgehead atoms. The Morgan fingerprint density at radius 2 is 2.46 bits per heavy atom. The highest BCUT2D eigenvalue weighted by atomic mass is 16.5. The van der Waals surface area contributed by atoms with Crippen molar-refractivity contribution in [1.29, 1.82) is 0 Å². The molecule has 3 unspecified atom stereocenters. The van der Waals surface area contributed by atoms with Gasteiger partial charge in [0.05, 0.1) is 13.2 Å². The summed E-state index contributed by atoms with van der Waals surface area (Å²) in [4.78, 5) is 0. The summed E-state index contributed by atoms with van der Waals surface area (Å²) in [5.74, 6) is 0.949. The van der Waals surface area contributed by atoms with E-state index in [1.165, 1.54) is 12.8 Å². The smallest absolute Gasteiger partial charge is 0.0632 e. The largest absolute Gasteiger partial charge is 0.378 e. The van der Waals surface area contributed by atoms with Crippen LogP contribution in [0.4, 0.5) is 0 Å². The summed E-state index contributed by atoms with van der Waals surface area (Å²) < 4.78 is 5.39. The maximum atomic E-state index is 5.39. The second-order valence-corrected chi connectivity index (χ2v) is 4.14. The fraction of sp³-hybridized carbons (Fsp3) is 1.00. The molecule has 76 valence electrons. The van der Waals surface area contributed by atoms with Gasteiger partial charge in [-0.15, -0.1) is 0 Å². The zero-order valence-electron chi connectivity index (χ0n) is 8.38. The first-order chi connectivity index (χ1) is 6.40. The van der Waals surface area contributed by atoms with Crippen LogP contribution in [0.15, 0.2) is 0 Å². The maximum absolute atomic E-state index is 5.39. The van der Waals surface area contributed by atoms with Gasteiger partial charge < -0.3 is 15.4 Å². The fourth-order valence-corrected chi connectivity index (χ4v) is 1.99. The van der Waals surface area contributed by atoms with Gasteiger partial charge in [-0.05, 0) is 12.3 Å². The first-order valence-corrected chi connectivity index (χ1v) is 5.44. The van der Waals surface area contributed by atoms with Crippen LogP contribution in [0.5, 0.6) is 0 Å². The van der Waals surface area contributed by atoms with Crippen LogP contribution in [0.3, 0.4) is 0 Å². The molecule has 3 nitrogen and oxygen atoms in total. The van der Waals surface area contributed by atoms with Gasteiger partial charge in [-0.2, -0.15) is 0 Å². The predicted molar refractivity (Wildman–Crippen MR) is 52.8 cm³/mol. The highest BCUT2D eigenvalue weighted by Crippen LogP contribution is 2.32. The molecule has 2 rings (SSSR count). The van der Waals surface area contributed by atoms with E-state index in [4.69, 9.17) is 4.74 Å². The van der Waals surface area contributed by atoms with E-state index in [0.29, 0.717) is 6.04 Å². The fourth-order valence-electron chi connectivity index (χ4n) is 1.99. The van der Waals surface area contributed by atoms with Gasteiger partial charge in [0.25, 0.3) is 0 Å². The van der Waals surface area contributed by atoms with Crippen molar-refractivity contribution in [2.24, 2.45) is 5.92 Å². The second kappa shape index (κ2) is 4.40. The molecule has 0 aromatic rings. The molecular weight excluding hydrogens is 164 g/mol.